The molecule has 192 valence electrons. The average molecular weight is 514 g/mol. The molecule has 0 spiro atoms. The van der Waals surface area contributed by atoms with Crippen LogP contribution in [-0.4, -0.2) is 0 Å². The first-order chi connectivity index (χ1) is 19.6. The van der Waals surface area contributed by atoms with Crippen molar-refractivity contribution in [2.75, 3.05) is 4.90 Å². The Morgan fingerprint density at radius 1 is 0.375 bits per heavy atom. The van der Waals surface area contributed by atoms with E-state index >= 15 is 0 Å². The number of anilines is 3. The van der Waals surface area contributed by atoms with Crippen LogP contribution in [0.5, 0.6) is 0 Å². The summed E-state index contributed by atoms with van der Waals surface area (Å²) in [7, 11) is 0. The highest BCUT2D eigenvalue weighted by Gasteiger charge is 2.35. The number of para-hydroxylation sites is 1. The quantitative estimate of drug-likeness (QED) is 0.222. The molecule has 0 heterocycles. The van der Waals surface area contributed by atoms with Gasteiger partial charge < -0.3 is 4.90 Å². The van der Waals surface area contributed by atoms with E-state index in [2.05, 4.69) is 170 Å². The zero-order valence-corrected chi connectivity index (χ0v) is 22.9. The van der Waals surface area contributed by atoms with Crippen molar-refractivity contribution in [3.05, 3.63) is 163 Å². The summed E-state index contributed by atoms with van der Waals surface area (Å²) in [5.74, 6) is 0. The second kappa shape index (κ2) is 9.70. The van der Waals surface area contributed by atoms with E-state index in [0.29, 0.717) is 0 Å². The van der Waals surface area contributed by atoms with Crippen LogP contribution in [0, 0.1) is 0 Å². The van der Waals surface area contributed by atoms with Gasteiger partial charge in [-0.1, -0.05) is 129 Å². The van der Waals surface area contributed by atoms with Crippen LogP contribution in [0.2, 0.25) is 0 Å². The standard InChI is InChI=1S/C39H31N/c1-39(2)37-19-10-9-18-35(37)36-25-24-34(27-38(36)39)40(32-15-7-4-8-16-32)33-17-11-14-31(26-33)30-22-20-29(21-23-30)28-12-5-3-6-13-28/h3-27H,1-2H3. The van der Waals surface area contributed by atoms with Crippen molar-refractivity contribution in [2.24, 2.45) is 0 Å². The Labute approximate surface area is 237 Å². The van der Waals surface area contributed by atoms with Gasteiger partial charge in [-0.05, 0) is 80.9 Å². The Morgan fingerprint density at radius 3 is 1.65 bits per heavy atom. The average Bonchev–Trinajstić information content (AvgIpc) is 3.25. The molecule has 6 aromatic rings. The summed E-state index contributed by atoms with van der Waals surface area (Å²) < 4.78 is 0. The molecule has 1 nitrogen and oxygen atoms in total. The first kappa shape index (κ1) is 24.2. The summed E-state index contributed by atoms with van der Waals surface area (Å²) in [5, 5.41) is 0. The maximum absolute atomic E-state index is 2.39. The predicted molar refractivity (Wildman–Crippen MR) is 170 cm³/mol. The van der Waals surface area contributed by atoms with Crippen LogP contribution in [0.25, 0.3) is 33.4 Å². The Balaban J connectivity index is 1.31. The number of hydrogen-bond donors (Lipinski definition) is 0. The lowest BCUT2D eigenvalue weighted by molar-refractivity contribution is 0.660. The third-order valence-corrected chi connectivity index (χ3v) is 8.27. The minimum Gasteiger partial charge on any atom is -0.310 e. The zero-order valence-electron chi connectivity index (χ0n) is 22.9. The van der Waals surface area contributed by atoms with E-state index < -0.39 is 0 Å². The second-order valence-electron chi connectivity index (χ2n) is 11.1. The van der Waals surface area contributed by atoms with E-state index in [0.717, 1.165) is 11.4 Å². The number of benzene rings is 6. The third-order valence-electron chi connectivity index (χ3n) is 8.27. The molecule has 0 atom stereocenters. The van der Waals surface area contributed by atoms with Gasteiger partial charge in [-0.15, -0.1) is 0 Å². The summed E-state index contributed by atoms with van der Waals surface area (Å²) in [6, 6.07) is 54.8. The van der Waals surface area contributed by atoms with Crippen molar-refractivity contribution in [1.29, 1.82) is 0 Å². The van der Waals surface area contributed by atoms with Crippen molar-refractivity contribution in [3.63, 3.8) is 0 Å². The molecule has 1 aliphatic carbocycles. The van der Waals surface area contributed by atoms with Gasteiger partial charge in [-0.2, -0.15) is 0 Å². The lowest BCUT2D eigenvalue weighted by Crippen LogP contribution is -2.16. The number of rotatable bonds is 5. The molecule has 7 rings (SSSR count). The Kier molecular flexibility index (Phi) is 5.86. The zero-order chi connectivity index (χ0) is 27.1. The van der Waals surface area contributed by atoms with E-state index in [-0.39, 0.29) is 5.41 Å². The minimum absolute atomic E-state index is 0.0490. The first-order valence-corrected chi connectivity index (χ1v) is 14.0. The van der Waals surface area contributed by atoms with Gasteiger partial charge >= 0.3 is 0 Å². The highest BCUT2D eigenvalue weighted by molar-refractivity contribution is 5.86. The smallest absolute Gasteiger partial charge is 0.0467 e. The molecule has 1 heteroatoms. The molecule has 0 radical (unpaired) electrons. The highest BCUT2D eigenvalue weighted by Crippen LogP contribution is 2.50. The fourth-order valence-corrected chi connectivity index (χ4v) is 6.17. The first-order valence-electron chi connectivity index (χ1n) is 14.0. The largest absolute Gasteiger partial charge is 0.310 e. The predicted octanol–water partition coefficient (Wildman–Crippen LogP) is 10.8. The lowest BCUT2D eigenvalue weighted by Gasteiger charge is -2.28. The van der Waals surface area contributed by atoms with Crippen LogP contribution in [-0.2, 0) is 5.41 Å². The summed E-state index contributed by atoms with van der Waals surface area (Å²) in [5.41, 5.74) is 13.7. The lowest BCUT2D eigenvalue weighted by atomic mass is 9.82. The maximum atomic E-state index is 2.39. The number of hydrogen-bond acceptors (Lipinski definition) is 1. The molecule has 1 aliphatic rings. The monoisotopic (exact) mass is 513 g/mol. The van der Waals surface area contributed by atoms with Gasteiger partial charge in [0.2, 0.25) is 0 Å². The maximum Gasteiger partial charge on any atom is 0.0467 e. The Morgan fingerprint density at radius 2 is 0.900 bits per heavy atom. The van der Waals surface area contributed by atoms with Crippen LogP contribution in [0.15, 0.2) is 152 Å². The van der Waals surface area contributed by atoms with Crippen LogP contribution in [0.3, 0.4) is 0 Å². The van der Waals surface area contributed by atoms with Gasteiger partial charge in [0, 0.05) is 22.5 Å². The number of nitrogens with zero attached hydrogens (tertiary/aromatic N) is 1. The normalized spacial score (nSPS) is 12.9. The van der Waals surface area contributed by atoms with Crippen molar-refractivity contribution in [2.45, 2.75) is 19.3 Å². The van der Waals surface area contributed by atoms with Crippen molar-refractivity contribution in [3.8, 4) is 33.4 Å². The van der Waals surface area contributed by atoms with E-state index in [4.69, 9.17) is 0 Å². The van der Waals surface area contributed by atoms with E-state index in [9.17, 15) is 0 Å². The molecule has 0 aromatic heterocycles. The van der Waals surface area contributed by atoms with Crippen LogP contribution < -0.4 is 4.90 Å². The van der Waals surface area contributed by atoms with Gasteiger partial charge in [0.05, 0.1) is 0 Å². The van der Waals surface area contributed by atoms with Crippen LogP contribution in [0.1, 0.15) is 25.0 Å². The molecule has 0 fully saturated rings. The SMILES string of the molecule is CC1(C)c2ccccc2-c2ccc(N(c3ccccc3)c3cccc(-c4ccc(-c5ccccc5)cc4)c3)cc21. The van der Waals surface area contributed by atoms with Crippen molar-refractivity contribution < 1.29 is 0 Å². The van der Waals surface area contributed by atoms with Crippen molar-refractivity contribution >= 4 is 17.1 Å². The molecule has 40 heavy (non-hydrogen) atoms. The fraction of sp³-hybridized carbons (Fsp3) is 0.0769. The molecule has 0 amide bonds. The third kappa shape index (κ3) is 4.12. The summed E-state index contributed by atoms with van der Waals surface area (Å²) in [6.45, 7) is 4.68. The molecular formula is C39H31N. The van der Waals surface area contributed by atoms with E-state index in [1.807, 2.05) is 0 Å². The minimum atomic E-state index is -0.0490. The molecule has 6 aromatic carbocycles. The van der Waals surface area contributed by atoms with Gasteiger partial charge in [0.1, 0.15) is 0 Å². The van der Waals surface area contributed by atoms with Crippen molar-refractivity contribution in [1.82, 2.24) is 0 Å². The van der Waals surface area contributed by atoms with E-state index in [1.165, 1.54) is 50.2 Å². The van der Waals surface area contributed by atoms with E-state index in [1.54, 1.807) is 0 Å². The van der Waals surface area contributed by atoms with Gasteiger partial charge in [0.15, 0.2) is 0 Å². The second-order valence-corrected chi connectivity index (χ2v) is 11.1. The summed E-state index contributed by atoms with van der Waals surface area (Å²) >= 11 is 0. The fourth-order valence-electron chi connectivity index (χ4n) is 6.17. The van der Waals surface area contributed by atoms with Gasteiger partial charge in [-0.3, -0.25) is 0 Å². The van der Waals surface area contributed by atoms with Gasteiger partial charge in [-0.25, -0.2) is 0 Å². The van der Waals surface area contributed by atoms with Crippen LogP contribution in [0.4, 0.5) is 17.1 Å². The summed E-state index contributed by atoms with van der Waals surface area (Å²) in [6.07, 6.45) is 0. The highest BCUT2D eigenvalue weighted by atomic mass is 15.1. The summed E-state index contributed by atoms with van der Waals surface area (Å²) in [4.78, 5) is 2.38. The topological polar surface area (TPSA) is 3.24 Å². The number of fused-ring (bicyclic) bond motifs is 3. The molecule has 0 saturated heterocycles. The molecule has 0 N–H and O–H groups in total. The van der Waals surface area contributed by atoms with Crippen LogP contribution >= 0.6 is 0 Å². The Hall–Kier alpha value is -4.88. The molecule has 0 aliphatic heterocycles. The molecular weight excluding hydrogens is 482 g/mol. The molecule has 0 unspecified atom stereocenters. The Bertz CT molecular complexity index is 1800. The van der Waals surface area contributed by atoms with Gasteiger partial charge in [0.25, 0.3) is 0 Å². The molecule has 0 saturated carbocycles. The molecule has 0 bridgehead atoms.